The molecule has 1 heterocycles. The highest BCUT2D eigenvalue weighted by Gasteiger charge is 2.14. The quantitative estimate of drug-likeness (QED) is 0.839. The van der Waals surface area contributed by atoms with Crippen LogP contribution in [-0.4, -0.2) is 29.3 Å². The molecule has 0 amide bonds. The Balaban J connectivity index is 2.40. The number of aryl methyl sites for hydroxylation is 1. The van der Waals surface area contributed by atoms with Crippen LogP contribution in [0.3, 0.4) is 0 Å². The van der Waals surface area contributed by atoms with Gasteiger partial charge in [0.1, 0.15) is 0 Å². The summed E-state index contributed by atoms with van der Waals surface area (Å²) < 4.78 is 20.4. The summed E-state index contributed by atoms with van der Waals surface area (Å²) in [7, 11) is 1.63. The van der Waals surface area contributed by atoms with Crippen LogP contribution in [-0.2, 0) is 4.74 Å². The second-order valence-electron chi connectivity index (χ2n) is 4.80. The second-order valence-corrected chi connectivity index (χ2v) is 5.61. The maximum Gasteiger partial charge on any atom is 0.208 e. The van der Waals surface area contributed by atoms with E-state index in [4.69, 9.17) is 27.9 Å². The smallest absolute Gasteiger partial charge is 0.208 e. The number of halogens is 3. The van der Waals surface area contributed by atoms with Crippen LogP contribution in [0.4, 0.5) is 10.3 Å². The number of methoxy groups -OCH3 is 1. The molecule has 2 rings (SSSR count). The van der Waals surface area contributed by atoms with Gasteiger partial charge in [0, 0.05) is 19.3 Å². The van der Waals surface area contributed by atoms with Crippen LogP contribution in [0.25, 0.3) is 5.69 Å². The third-order valence-corrected chi connectivity index (χ3v) is 3.42. The number of aromatic nitrogens is 2. The fraction of sp³-hybridized carbons (Fsp3) is 0.357. The molecule has 0 saturated carbocycles. The maximum absolute atomic E-state index is 13.5. The predicted molar refractivity (Wildman–Crippen MR) is 83.2 cm³/mol. The fourth-order valence-electron chi connectivity index (χ4n) is 1.99. The molecule has 1 atom stereocenters. The van der Waals surface area contributed by atoms with Gasteiger partial charge in [0.25, 0.3) is 0 Å². The molecule has 0 radical (unpaired) electrons. The van der Waals surface area contributed by atoms with E-state index in [1.165, 1.54) is 12.1 Å². The molecule has 7 heteroatoms. The van der Waals surface area contributed by atoms with Crippen molar-refractivity contribution in [3.8, 4) is 5.69 Å². The molecule has 1 unspecified atom stereocenters. The van der Waals surface area contributed by atoms with Gasteiger partial charge in [-0.15, -0.1) is 0 Å². The molecule has 114 valence electrons. The lowest BCUT2D eigenvalue weighted by atomic mass is 10.3. The molecule has 1 aromatic heterocycles. The Kier molecular flexibility index (Phi) is 5.08. The van der Waals surface area contributed by atoms with E-state index in [9.17, 15) is 4.39 Å². The zero-order valence-electron chi connectivity index (χ0n) is 12.0. The number of imidazole rings is 1. The van der Waals surface area contributed by atoms with Gasteiger partial charge in [-0.2, -0.15) is 0 Å². The minimum absolute atomic E-state index is 0.0280. The lowest BCUT2D eigenvalue weighted by Gasteiger charge is -2.15. The van der Waals surface area contributed by atoms with Crippen molar-refractivity contribution >= 4 is 29.2 Å². The molecular weight excluding hydrogens is 316 g/mol. The molecule has 0 aliphatic rings. The number of hydrogen-bond donors (Lipinski definition) is 1. The maximum atomic E-state index is 13.5. The Hall–Kier alpha value is -1.30. The largest absolute Gasteiger partial charge is 0.383 e. The first-order valence-electron chi connectivity index (χ1n) is 6.38. The van der Waals surface area contributed by atoms with E-state index in [-0.39, 0.29) is 16.1 Å². The van der Waals surface area contributed by atoms with Crippen LogP contribution < -0.4 is 5.32 Å². The van der Waals surface area contributed by atoms with Gasteiger partial charge in [-0.25, -0.2) is 9.37 Å². The van der Waals surface area contributed by atoms with Crippen molar-refractivity contribution in [3.05, 3.63) is 39.9 Å². The molecule has 1 N–H and O–H groups in total. The molecule has 0 aliphatic heterocycles. The van der Waals surface area contributed by atoms with Gasteiger partial charge in [-0.05, 0) is 26.0 Å². The molecular formula is C14H16Cl2FN3O. The first-order valence-corrected chi connectivity index (χ1v) is 7.14. The first kappa shape index (κ1) is 16.1. The second kappa shape index (κ2) is 6.64. The van der Waals surface area contributed by atoms with Gasteiger partial charge in [-0.3, -0.25) is 4.57 Å². The van der Waals surface area contributed by atoms with Gasteiger partial charge < -0.3 is 10.1 Å². The molecule has 0 saturated heterocycles. The highest BCUT2D eigenvalue weighted by Crippen LogP contribution is 2.28. The van der Waals surface area contributed by atoms with E-state index in [0.717, 1.165) is 5.69 Å². The molecule has 0 aliphatic carbocycles. The summed E-state index contributed by atoms with van der Waals surface area (Å²) in [5.41, 5.74) is 1.46. The van der Waals surface area contributed by atoms with Gasteiger partial charge in [0.15, 0.2) is 5.82 Å². The van der Waals surface area contributed by atoms with E-state index in [2.05, 4.69) is 10.3 Å². The highest BCUT2D eigenvalue weighted by atomic mass is 35.5. The molecule has 0 spiro atoms. The third kappa shape index (κ3) is 3.67. The summed E-state index contributed by atoms with van der Waals surface area (Å²) in [6, 6.07) is 3.09. The molecule has 2 aromatic rings. The molecule has 4 nitrogen and oxygen atoms in total. The SMILES string of the molecule is COCC(C)Nc1nc(C)cn1-c1cc(Cl)c(F)c(Cl)c1. The predicted octanol–water partition coefficient (Wildman–Crippen LogP) is 4.07. The number of benzene rings is 1. The van der Waals surface area contributed by atoms with Gasteiger partial charge in [0.2, 0.25) is 5.95 Å². The van der Waals surface area contributed by atoms with Crippen molar-refractivity contribution < 1.29 is 9.13 Å². The normalized spacial score (nSPS) is 12.5. The molecule has 1 aromatic carbocycles. The number of anilines is 1. The van der Waals surface area contributed by atoms with Crippen LogP contribution in [0.2, 0.25) is 10.0 Å². The zero-order valence-corrected chi connectivity index (χ0v) is 13.5. The number of rotatable bonds is 5. The summed E-state index contributed by atoms with van der Waals surface area (Å²) in [4.78, 5) is 4.41. The van der Waals surface area contributed by atoms with E-state index in [1.54, 1.807) is 11.7 Å². The van der Waals surface area contributed by atoms with Crippen molar-refractivity contribution in [2.24, 2.45) is 0 Å². The summed E-state index contributed by atoms with van der Waals surface area (Å²) in [5.74, 6) is -0.00280. The highest BCUT2D eigenvalue weighted by molar-refractivity contribution is 6.35. The average molecular weight is 332 g/mol. The Bertz CT molecular complexity index is 622. The topological polar surface area (TPSA) is 39.1 Å². The van der Waals surface area contributed by atoms with E-state index in [1.807, 2.05) is 20.0 Å². The van der Waals surface area contributed by atoms with Crippen molar-refractivity contribution in [1.29, 1.82) is 0 Å². The van der Waals surface area contributed by atoms with E-state index >= 15 is 0 Å². The molecule has 0 fully saturated rings. The van der Waals surface area contributed by atoms with Crippen LogP contribution in [0, 0.1) is 12.7 Å². The standard InChI is InChI=1S/C14H16Cl2FN3O/c1-8-6-20(14(18-8)19-9(2)7-21-3)10-4-11(15)13(17)12(16)5-10/h4-6,9H,7H2,1-3H3,(H,18,19). The zero-order chi connectivity index (χ0) is 15.6. The first-order chi connectivity index (χ1) is 9.92. The van der Waals surface area contributed by atoms with Gasteiger partial charge in [-0.1, -0.05) is 23.2 Å². The van der Waals surface area contributed by atoms with Crippen LogP contribution in [0.15, 0.2) is 18.3 Å². The fourth-order valence-corrected chi connectivity index (χ4v) is 2.47. The Morgan fingerprint density at radius 1 is 1.38 bits per heavy atom. The van der Waals surface area contributed by atoms with Gasteiger partial charge >= 0.3 is 0 Å². The minimum Gasteiger partial charge on any atom is -0.383 e. The molecule has 0 bridgehead atoms. The number of nitrogens with zero attached hydrogens (tertiary/aromatic N) is 2. The summed E-state index contributed by atoms with van der Waals surface area (Å²) >= 11 is 11.7. The monoisotopic (exact) mass is 331 g/mol. The van der Waals surface area contributed by atoms with Crippen molar-refractivity contribution in [2.45, 2.75) is 19.9 Å². The number of hydrogen-bond acceptors (Lipinski definition) is 3. The summed E-state index contributed by atoms with van der Waals surface area (Å²) in [6.45, 7) is 4.38. The van der Waals surface area contributed by atoms with E-state index < -0.39 is 5.82 Å². The number of ether oxygens (including phenoxy) is 1. The number of nitrogens with one attached hydrogen (secondary N) is 1. The summed E-state index contributed by atoms with van der Waals surface area (Å²) in [5, 5.41) is 3.18. The molecule has 21 heavy (non-hydrogen) atoms. The van der Waals surface area contributed by atoms with E-state index in [0.29, 0.717) is 18.2 Å². The lowest BCUT2D eigenvalue weighted by Crippen LogP contribution is -2.22. The average Bonchev–Trinajstić information content (AvgIpc) is 2.76. The van der Waals surface area contributed by atoms with Crippen molar-refractivity contribution in [1.82, 2.24) is 9.55 Å². The minimum atomic E-state index is -0.624. The Morgan fingerprint density at radius 2 is 2.00 bits per heavy atom. The summed E-state index contributed by atoms with van der Waals surface area (Å²) in [6.07, 6.45) is 1.82. The van der Waals surface area contributed by atoms with Crippen molar-refractivity contribution in [2.75, 3.05) is 19.0 Å². The lowest BCUT2D eigenvalue weighted by molar-refractivity contribution is 0.190. The third-order valence-electron chi connectivity index (χ3n) is 2.87. The van der Waals surface area contributed by atoms with Crippen LogP contribution >= 0.6 is 23.2 Å². The van der Waals surface area contributed by atoms with Crippen LogP contribution in [0.5, 0.6) is 0 Å². The Morgan fingerprint density at radius 3 is 2.57 bits per heavy atom. The van der Waals surface area contributed by atoms with Gasteiger partial charge in [0.05, 0.1) is 28.0 Å². The van der Waals surface area contributed by atoms with Crippen LogP contribution in [0.1, 0.15) is 12.6 Å². The van der Waals surface area contributed by atoms with Crippen molar-refractivity contribution in [3.63, 3.8) is 0 Å². The Labute approximate surface area is 132 Å².